The summed E-state index contributed by atoms with van der Waals surface area (Å²) in [5, 5.41) is 6.60. The van der Waals surface area contributed by atoms with E-state index in [2.05, 4.69) is 10.6 Å². The molecular formula is C66H113N7O14. The Morgan fingerprint density at radius 1 is 0.575 bits per heavy atom. The van der Waals surface area contributed by atoms with E-state index in [-0.39, 0.29) is 75.0 Å². The molecule has 2 aliphatic heterocycles. The van der Waals surface area contributed by atoms with Crippen molar-refractivity contribution in [2.75, 3.05) is 42.4 Å². The van der Waals surface area contributed by atoms with Crippen molar-refractivity contribution in [3.63, 3.8) is 0 Å². The monoisotopic (exact) mass is 1230 g/mol. The molecule has 2 heterocycles. The van der Waals surface area contributed by atoms with E-state index in [0.29, 0.717) is 6.42 Å². The highest BCUT2D eigenvalue weighted by atomic mass is 16.7. The summed E-state index contributed by atoms with van der Waals surface area (Å²) in [6, 6.07) is -8.01. The molecule has 1 unspecified atom stereocenters. The minimum atomic E-state index is -1.29. The number of carbonyl (C=O) groups excluding carboxylic acids is 11. The first kappa shape index (κ1) is 77.7. The highest BCUT2D eigenvalue weighted by Crippen LogP contribution is 2.37. The number of amides is 7. The fraction of sp³-hybridized carbons (Fsp3) is 0.803. The van der Waals surface area contributed by atoms with Gasteiger partial charge >= 0.3 is 0 Å². The minimum Gasteiger partial charge on any atom is -0.355 e. The number of methoxy groups -OCH3 is 2. The minimum absolute atomic E-state index is 0.0830. The molecule has 21 heteroatoms. The van der Waals surface area contributed by atoms with Crippen LogP contribution in [0.25, 0.3) is 0 Å². The summed E-state index contributed by atoms with van der Waals surface area (Å²) in [7, 11) is 8.73. The van der Waals surface area contributed by atoms with Gasteiger partial charge in [-0.15, -0.1) is 0 Å². The Balaban J connectivity index is 2.97. The van der Waals surface area contributed by atoms with Crippen molar-refractivity contribution in [3.05, 3.63) is 12.2 Å². The number of ether oxygens (including phenoxy) is 2. The summed E-state index contributed by atoms with van der Waals surface area (Å²) < 4.78 is 11.4. The van der Waals surface area contributed by atoms with E-state index >= 15 is 9.59 Å². The maximum Gasteiger partial charge on any atom is 0.270 e. The Kier molecular flexibility index (Phi) is 30.8. The van der Waals surface area contributed by atoms with E-state index in [1.54, 1.807) is 62.3 Å². The molecule has 21 nitrogen and oxygen atoms in total. The van der Waals surface area contributed by atoms with Crippen LogP contribution >= 0.6 is 0 Å². The number of hydrogen-bond acceptors (Lipinski definition) is 14. The largest absolute Gasteiger partial charge is 0.355 e. The molecule has 0 spiro atoms. The van der Waals surface area contributed by atoms with Crippen molar-refractivity contribution in [1.82, 2.24) is 35.3 Å². The van der Waals surface area contributed by atoms with Gasteiger partial charge in [-0.25, -0.2) is 5.06 Å². The molecule has 87 heavy (non-hydrogen) atoms. The Hall–Kier alpha value is -5.41. The van der Waals surface area contributed by atoms with Crippen LogP contribution in [-0.2, 0) is 67.1 Å². The zero-order chi connectivity index (χ0) is 67.0. The lowest BCUT2D eigenvalue weighted by Gasteiger charge is -2.50. The van der Waals surface area contributed by atoms with Crippen LogP contribution in [0.5, 0.6) is 0 Å². The van der Waals surface area contributed by atoms with Gasteiger partial charge in [-0.1, -0.05) is 123 Å². The van der Waals surface area contributed by atoms with Crippen LogP contribution in [0.2, 0.25) is 0 Å². The lowest BCUT2D eigenvalue weighted by Crippen LogP contribution is -2.71. The van der Waals surface area contributed by atoms with Crippen molar-refractivity contribution < 1.29 is 67.1 Å². The number of hydroxylamine groups is 2. The Labute approximate surface area is 521 Å². The molecule has 0 aromatic rings. The number of allylic oxidation sites excluding steroid dienone is 2. The van der Waals surface area contributed by atoms with E-state index in [1.807, 2.05) is 67.5 Å². The molecular weight excluding hydrogens is 1110 g/mol. The summed E-state index contributed by atoms with van der Waals surface area (Å²) in [6.45, 7) is 32.0. The Morgan fingerprint density at radius 2 is 1.08 bits per heavy atom. The fourth-order valence-corrected chi connectivity index (χ4v) is 12.6. The maximum atomic E-state index is 15.1. The first-order chi connectivity index (χ1) is 40.3. The van der Waals surface area contributed by atoms with Gasteiger partial charge in [0.05, 0.1) is 24.2 Å². The zero-order valence-electron chi connectivity index (χ0n) is 57.4. The van der Waals surface area contributed by atoms with Gasteiger partial charge in [0.15, 0.2) is 35.5 Å². The lowest BCUT2D eigenvalue weighted by molar-refractivity contribution is -0.321. The Morgan fingerprint density at radius 3 is 1.55 bits per heavy atom. The summed E-state index contributed by atoms with van der Waals surface area (Å²) in [5.74, 6) is -11.4. The van der Waals surface area contributed by atoms with Crippen molar-refractivity contribution in [1.29, 1.82) is 0 Å². The fourth-order valence-electron chi connectivity index (χ4n) is 12.6. The lowest BCUT2D eigenvalue weighted by atomic mass is 9.76. The summed E-state index contributed by atoms with van der Waals surface area (Å²) in [6.07, 6.45) is 1.92. The molecule has 2 saturated heterocycles. The van der Waals surface area contributed by atoms with Crippen LogP contribution in [-0.4, -0.2) is 186 Å². The third-order valence-electron chi connectivity index (χ3n) is 17.6. The predicted octanol–water partition coefficient (Wildman–Crippen LogP) is 7.26. The first-order valence-corrected chi connectivity index (χ1v) is 31.7. The van der Waals surface area contributed by atoms with Crippen LogP contribution in [0.4, 0.5) is 0 Å². The molecule has 0 saturated carbocycles. The number of nitrogens with zero attached hydrogens (tertiary/aromatic N) is 5. The molecule has 496 valence electrons. The van der Waals surface area contributed by atoms with Gasteiger partial charge in [0, 0.05) is 97.2 Å². The first-order valence-electron chi connectivity index (χ1n) is 31.7. The van der Waals surface area contributed by atoms with Gasteiger partial charge in [-0.2, -0.15) is 0 Å². The van der Waals surface area contributed by atoms with E-state index < -0.39 is 160 Å². The second-order valence-electron chi connectivity index (χ2n) is 27.6. The predicted molar refractivity (Wildman–Crippen MR) is 334 cm³/mol. The topological polar surface area (TPSA) is 256 Å². The Bertz CT molecular complexity index is 2420. The summed E-state index contributed by atoms with van der Waals surface area (Å²) in [4.78, 5) is 173. The van der Waals surface area contributed by atoms with Gasteiger partial charge in [0.25, 0.3) is 5.91 Å². The van der Waals surface area contributed by atoms with E-state index in [9.17, 15) is 43.2 Å². The highest BCUT2D eigenvalue weighted by Gasteiger charge is 2.55. The number of likely N-dealkylation sites (N-methyl/N-ethyl adjacent to an activating group) is 4. The van der Waals surface area contributed by atoms with Gasteiger partial charge in [-0.3, -0.25) is 57.6 Å². The normalized spacial score (nSPS) is 28.7. The number of nitrogens with one attached hydrogen (secondary N) is 2. The molecule has 2 fully saturated rings. The van der Waals surface area contributed by atoms with Crippen LogP contribution < -0.4 is 10.6 Å². The quantitative estimate of drug-likeness (QED) is 0.114. The third-order valence-corrected chi connectivity index (χ3v) is 17.6. The molecule has 0 radical (unpaired) electrons. The number of fused-ring (bicyclic) bond motifs is 1. The second kappa shape index (κ2) is 34.5. The van der Waals surface area contributed by atoms with E-state index in [4.69, 9.17) is 14.3 Å². The standard InChI is InChI=1S/C66H113N7O14/c1-25-27-28-41(13)56-55-59(79)68-47(26-2)50(74)33-43(15)60(80)72(22)57(66(17,18)65(85-23)86-24)53(77)35-46(39(9)10)63(83)70(20)48(30-37(5)6)51(75)32-42(14)58(78)67-44(16)61(81)69(19)49(31-38(7)8)52(76)34-45(29-36(3)4)62(82)71(21)54(40(11)12)64(84)73(55)87-56/h25,27,36-49,54-57,65H,26,28-35H2,1-24H3,(H,67,78)(H,68,79)/b27-25+/t41-,42-,43+,44-,45-,46+,47+,48+,49+,54+,55+,56?,57-/m1/s1. The van der Waals surface area contributed by atoms with Crippen molar-refractivity contribution >= 4 is 64.5 Å². The maximum absolute atomic E-state index is 15.1. The molecule has 0 aliphatic carbocycles. The number of hydrogen-bond donors (Lipinski definition) is 2. The number of carbonyl (C=O) groups is 11. The van der Waals surface area contributed by atoms with Crippen LogP contribution in [0.1, 0.15) is 182 Å². The zero-order valence-corrected chi connectivity index (χ0v) is 57.4. The van der Waals surface area contributed by atoms with Gasteiger partial charge < -0.3 is 39.7 Å². The molecule has 2 rings (SSSR count). The average molecular weight is 1230 g/mol. The van der Waals surface area contributed by atoms with E-state index in [1.165, 1.54) is 68.9 Å². The van der Waals surface area contributed by atoms with Gasteiger partial charge in [-0.05, 0) is 81.5 Å². The molecule has 7 amide bonds. The van der Waals surface area contributed by atoms with Gasteiger partial charge in [0.2, 0.25) is 35.4 Å². The molecule has 0 aromatic heterocycles. The molecule has 0 bridgehead atoms. The van der Waals surface area contributed by atoms with Crippen molar-refractivity contribution in [2.24, 2.45) is 64.6 Å². The summed E-state index contributed by atoms with van der Waals surface area (Å²) in [5.41, 5.74) is -1.26. The van der Waals surface area contributed by atoms with Gasteiger partial charge in [0.1, 0.15) is 18.2 Å². The molecule has 2 aliphatic rings. The average Bonchev–Trinajstić information content (AvgIpc) is 0.831. The molecule has 2 N–H and O–H groups in total. The van der Waals surface area contributed by atoms with Crippen LogP contribution in [0.15, 0.2) is 12.2 Å². The smallest absolute Gasteiger partial charge is 0.270 e. The van der Waals surface area contributed by atoms with Crippen LogP contribution in [0, 0.1) is 64.6 Å². The second-order valence-corrected chi connectivity index (χ2v) is 27.6. The highest BCUT2D eigenvalue weighted by molar-refractivity contribution is 6.00. The van der Waals surface area contributed by atoms with Crippen molar-refractivity contribution in [2.45, 2.75) is 237 Å². The summed E-state index contributed by atoms with van der Waals surface area (Å²) >= 11 is 0. The number of rotatable bonds is 16. The van der Waals surface area contributed by atoms with Crippen LogP contribution in [0.3, 0.4) is 0 Å². The van der Waals surface area contributed by atoms with Crippen molar-refractivity contribution in [3.8, 4) is 0 Å². The van der Waals surface area contributed by atoms with E-state index in [0.717, 1.165) is 5.06 Å². The SMILES string of the molecule is C/C=C/C[C@@H](C)C1ON2C(=O)[C@H](C(C)C)N(C)C(=O)[C@H](CC(C)C)CC(=O)[C@H](CC(C)C)N(C)C(=O)[C@@H](C)NC(=O)[C@H](C)CC(=O)[C@H](CC(C)C)N(C)C(=O)[C@H](C(C)C)CC(=O)[C@H](C(C)(C)C(OC)OC)N(C)C(=O)[C@@H](C)CC(=O)[C@H](CC)NC(=O)[C@H]12. The molecule has 0 aromatic carbocycles. The third kappa shape index (κ3) is 20.3. The molecule has 13 atom stereocenters. The number of ketones is 4. The number of Topliss-reactive ketones (excluding diaryl/α,β-unsaturated/α-hetero) is 4.